The molecule has 1 aromatic carbocycles. The highest BCUT2D eigenvalue weighted by molar-refractivity contribution is 6.39. The van der Waals surface area contributed by atoms with Crippen LogP contribution in [0.5, 0.6) is 11.5 Å². The fraction of sp³-hybridized carbons (Fsp3) is 0.263. The van der Waals surface area contributed by atoms with Crippen molar-refractivity contribution in [3.05, 3.63) is 46.2 Å². The Kier molecular flexibility index (Phi) is 6.11. The first-order chi connectivity index (χ1) is 13.9. The molecule has 2 aromatic rings. The van der Waals surface area contributed by atoms with E-state index in [1.807, 2.05) is 0 Å². The summed E-state index contributed by atoms with van der Waals surface area (Å²) >= 11 is 12.1. The van der Waals surface area contributed by atoms with Crippen molar-refractivity contribution in [3.63, 3.8) is 0 Å². The van der Waals surface area contributed by atoms with Crippen LogP contribution >= 0.6 is 23.2 Å². The molecule has 29 heavy (non-hydrogen) atoms. The van der Waals surface area contributed by atoms with Gasteiger partial charge in [-0.2, -0.15) is 5.26 Å². The third-order valence-electron chi connectivity index (χ3n) is 4.35. The number of benzene rings is 1. The fourth-order valence-electron chi connectivity index (χ4n) is 2.56. The summed E-state index contributed by atoms with van der Waals surface area (Å²) in [5, 5.41) is 16.1. The van der Waals surface area contributed by atoms with Gasteiger partial charge in [0.1, 0.15) is 12.7 Å². The van der Waals surface area contributed by atoms with E-state index in [-0.39, 0.29) is 28.3 Å². The lowest BCUT2D eigenvalue weighted by molar-refractivity contribution is 0.00587. The Morgan fingerprint density at radius 1 is 1.34 bits per heavy atom. The highest BCUT2D eigenvalue weighted by Gasteiger charge is 2.41. The SMILES string of the molecule is COc1ccc(C(=O)Nc2c(Cl)cncc2Cl)cc1OCC1C=NOC1(C)C#N. The van der Waals surface area contributed by atoms with Crippen LogP contribution in [0.2, 0.25) is 10.0 Å². The van der Waals surface area contributed by atoms with Crippen molar-refractivity contribution < 1.29 is 19.1 Å². The maximum Gasteiger partial charge on any atom is 0.255 e. The molecule has 10 heteroatoms. The van der Waals surface area contributed by atoms with Crippen molar-refractivity contribution in [1.82, 2.24) is 4.98 Å². The Balaban J connectivity index is 1.79. The van der Waals surface area contributed by atoms with Crippen molar-refractivity contribution in [2.24, 2.45) is 11.1 Å². The van der Waals surface area contributed by atoms with Crippen molar-refractivity contribution in [2.45, 2.75) is 12.5 Å². The Morgan fingerprint density at radius 2 is 2.07 bits per heavy atom. The number of halogens is 2. The largest absolute Gasteiger partial charge is 0.493 e. The van der Waals surface area contributed by atoms with Crippen LogP contribution in [0.1, 0.15) is 17.3 Å². The molecular weight excluding hydrogens is 419 g/mol. The van der Waals surface area contributed by atoms with E-state index in [0.717, 1.165) is 0 Å². The maximum atomic E-state index is 12.7. The first-order valence-electron chi connectivity index (χ1n) is 8.42. The quantitative estimate of drug-likeness (QED) is 0.737. The monoisotopic (exact) mass is 434 g/mol. The van der Waals surface area contributed by atoms with Crippen LogP contribution in [-0.4, -0.2) is 36.4 Å². The normalized spacial score (nSPS) is 19.9. The molecule has 8 nitrogen and oxygen atoms in total. The molecule has 0 saturated carbocycles. The molecule has 1 aliphatic heterocycles. The van der Waals surface area contributed by atoms with Gasteiger partial charge in [-0.1, -0.05) is 28.4 Å². The van der Waals surface area contributed by atoms with Crippen LogP contribution in [0.3, 0.4) is 0 Å². The second-order valence-corrected chi connectivity index (χ2v) is 7.09. The Morgan fingerprint density at radius 3 is 2.72 bits per heavy atom. The second kappa shape index (κ2) is 8.55. The van der Waals surface area contributed by atoms with Gasteiger partial charge in [-0.05, 0) is 25.1 Å². The molecule has 0 radical (unpaired) electrons. The lowest BCUT2D eigenvalue weighted by Crippen LogP contribution is -2.35. The third kappa shape index (κ3) is 4.36. The molecule has 0 saturated heterocycles. The van der Waals surface area contributed by atoms with Gasteiger partial charge in [-0.25, -0.2) is 0 Å². The number of oxime groups is 1. The molecule has 0 aliphatic carbocycles. The zero-order valence-corrected chi connectivity index (χ0v) is 17.0. The predicted octanol–water partition coefficient (Wildman–Crippen LogP) is 3.94. The molecule has 1 N–H and O–H groups in total. The molecule has 3 rings (SSSR count). The molecular formula is C19H16Cl2N4O4. The van der Waals surface area contributed by atoms with Crippen LogP contribution < -0.4 is 14.8 Å². The molecule has 0 spiro atoms. The third-order valence-corrected chi connectivity index (χ3v) is 4.92. The van der Waals surface area contributed by atoms with Gasteiger partial charge in [-0.15, -0.1) is 0 Å². The van der Waals surface area contributed by atoms with Crippen LogP contribution in [-0.2, 0) is 4.84 Å². The molecule has 1 aliphatic rings. The number of ether oxygens (including phenoxy) is 2. The average Bonchev–Trinajstić information content (AvgIpc) is 3.10. The lowest BCUT2D eigenvalue weighted by Gasteiger charge is -2.21. The second-order valence-electron chi connectivity index (χ2n) is 6.28. The number of methoxy groups -OCH3 is 1. The number of rotatable bonds is 6. The van der Waals surface area contributed by atoms with Gasteiger partial charge >= 0.3 is 0 Å². The average molecular weight is 435 g/mol. The first kappa shape index (κ1) is 20.7. The van der Waals surface area contributed by atoms with E-state index >= 15 is 0 Å². The van der Waals surface area contributed by atoms with Crippen molar-refractivity contribution in [2.75, 3.05) is 19.0 Å². The number of nitrogens with one attached hydrogen (secondary N) is 1. The molecule has 2 atom stereocenters. The number of amides is 1. The number of anilines is 1. The Bertz CT molecular complexity index is 988. The number of hydrogen-bond acceptors (Lipinski definition) is 7. The standard InChI is InChI=1S/C19H16Cl2N4O4/c1-19(10-22)12(6-24-29-19)9-28-16-5-11(3-4-15(16)27-2)18(26)25-17-13(20)7-23-8-14(17)21/h3-8,12H,9H2,1-2H3,(H,23,25,26). The zero-order valence-electron chi connectivity index (χ0n) is 15.5. The molecule has 1 aromatic heterocycles. The van der Waals surface area contributed by atoms with Crippen LogP contribution in [0.15, 0.2) is 35.7 Å². The summed E-state index contributed by atoms with van der Waals surface area (Å²) in [4.78, 5) is 21.6. The van der Waals surface area contributed by atoms with Gasteiger partial charge in [-0.3, -0.25) is 9.78 Å². The minimum absolute atomic E-state index is 0.108. The summed E-state index contributed by atoms with van der Waals surface area (Å²) in [7, 11) is 1.48. The summed E-state index contributed by atoms with van der Waals surface area (Å²) in [5.74, 6) is -0.0760. The van der Waals surface area contributed by atoms with Gasteiger partial charge in [0.25, 0.3) is 5.91 Å². The smallest absolute Gasteiger partial charge is 0.255 e. The van der Waals surface area contributed by atoms with Crippen LogP contribution in [0, 0.1) is 17.2 Å². The van der Waals surface area contributed by atoms with Gasteiger partial charge in [0.05, 0.1) is 35.0 Å². The summed E-state index contributed by atoms with van der Waals surface area (Å²) in [5.41, 5.74) is -0.559. The van der Waals surface area contributed by atoms with E-state index in [1.165, 1.54) is 31.8 Å². The number of hydrogen-bond donors (Lipinski definition) is 1. The summed E-state index contributed by atoms with van der Waals surface area (Å²) in [6, 6.07) is 6.76. The summed E-state index contributed by atoms with van der Waals surface area (Å²) in [6.45, 7) is 1.73. The first-order valence-corrected chi connectivity index (χ1v) is 9.17. The van der Waals surface area contributed by atoms with Gasteiger partial charge in [0.2, 0.25) is 5.60 Å². The number of pyridine rings is 1. The van der Waals surface area contributed by atoms with Crippen molar-refractivity contribution >= 4 is 41.0 Å². The minimum atomic E-state index is -1.11. The highest BCUT2D eigenvalue weighted by atomic mass is 35.5. The number of nitrogens with zero attached hydrogens (tertiary/aromatic N) is 3. The van der Waals surface area contributed by atoms with Crippen LogP contribution in [0.4, 0.5) is 5.69 Å². The van der Waals surface area contributed by atoms with E-state index in [2.05, 4.69) is 21.5 Å². The summed E-state index contributed by atoms with van der Waals surface area (Å²) < 4.78 is 11.1. The number of carbonyl (C=O) groups is 1. The van der Waals surface area contributed by atoms with Crippen molar-refractivity contribution in [3.8, 4) is 17.6 Å². The predicted molar refractivity (Wildman–Crippen MR) is 108 cm³/mol. The Labute approximate surface area is 177 Å². The van der Waals surface area contributed by atoms with Crippen molar-refractivity contribution in [1.29, 1.82) is 5.26 Å². The van der Waals surface area contributed by atoms with E-state index < -0.39 is 11.5 Å². The number of carbonyl (C=O) groups excluding carboxylic acids is 1. The van der Waals surface area contributed by atoms with E-state index in [9.17, 15) is 10.1 Å². The topological polar surface area (TPSA) is 106 Å². The molecule has 150 valence electrons. The number of nitriles is 1. The fourth-order valence-corrected chi connectivity index (χ4v) is 3.01. The van der Waals surface area contributed by atoms with E-state index in [1.54, 1.807) is 19.1 Å². The highest BCUT2D eigenvalue weighted by Crippen LogP contribution is 2.33. The molecule has 2 heterocycles. The molecule has 0 bridgehead atoms. The van der Waals surface area contributed by atoms with E-state index in [0.29, 0.717) is 17.1 Å². The van der Waals surface area contributed by atoms with Gasteiger partial charge < -0.3 is 19.6 Å². The Hall–Kier alpha value is -3.02. The van der Waals surface area contributed by atoms with Gasteiger partial charge in [0, 0.05) is 18.0 Å². The lowest BCUT2D eigenvalue weighted by atomic mass is 9.93. The van der Waals surface area contributed by atoms with Crippen LogP contribution in [0.25, 0.3) is 0 Å². The minimum Gasteiger partial charge on any atom is -0.493 e. The molecule has 1 amide bonds. The molecule has 2 unspecified atom stereocenters. The zero-order chi connectivity index (χ0) is 21.0. The molecule has 0 fully saturated rings. The van der Waals surface area contributed by atoms with Gasteiger partial charge in [0.15, 0.2) is 11.5 Å². The number of aromatic nitrogens is 1. The summed E-state index contributed by atoms with van der Waals surface area (Å²) in [6.07, 6.45) is 4.27. The van der Waals surface area contributed by atoms with E-state index in [4.69, 9.17) is 37.5 Å². The maximum absolute atomic E-state index is 12.7.